The minimum Gasteiger partial charge on any atom is -0.103 e. The molecule has 0 amide bonds. The Balaban J connectivity index is 1.80. The van der Waals surface area contributed by atoms with E-state index in [0.717, 1.165) is 17.8 Å². The minimum atomic E-state index is 0.840. The molecule has 86 valence electrons. The summed E-state index contributed by atoms with van der Waals surface area (Å²) in [5.41, 5.74) is 0. The Hall–Kier alpha value is -0.260. The third-order valence-corrected chi connectivity index (χ3v) is 4.72. The predicted molar refractivity (Wildman–Crippen MR) is 66.8 cm³/mol. The van der Waals surface area contributed by atoms with Crippen molar-refractivity contribution in [2.45, 2.75) is 64.2 Å². The van der Waals surface area contributed by atoms with E-state index in [1.54, 1.807) is 0 Å². The number of hydrogen-bond donors (Lipinski definition) is 0. The highest BCUT2D eigenvalue weighted by Gasteiger charge is 2.26. The summed E-state index contributed by atoms with van der Waals surface area (Å²) in [6.45, 7) is 3.94. The monoisotopic (exact) mass is 206 g/mol. The number of rotatable bonds is 2. The fraction of sp³-hybridized carbons (Fsp3) is 0.867. The minimum absolute atomic E-state index is 0.840. The molecule has 0 heteroatoms. The van der Waals surface area contributed by atoms with Gasteiger partial charge in [-0.1, -0.05) is 44.6 Å². The highest BCUT2D eigenvalue weighted by atomic mass is 14.3. The topological polar surface area (TPSA) is 0 Å². The normalized spacial score (nSPS) is 34.7. The third-order valence-electron chi connectivity index (χ3n) is 4.72. The van der Waals surface area contributed by atoms with Gasteiger partial charge in [0, 0.05) is 0 Å². The first kappa shape index (κ1) is 11.2. The zero-order valence-electron chi connectivity index (χ0n) is 10.1. The van der Waals surface area contributed by atoms with Crippen LogP contribution < -0.4 is 0 Å². The van der Waals surface area contributed by atoms with Gasteiger partial charge in [0.1, 0.15) is 0 Å². The van der Waals surface area contributed by atoms with Crippen LogP contribution >= 0.6 is 0 Å². The fourth-order valence-corrected chi connectivity index (χ4v) is 3.63. The molecule has 0 aromatic heterocycles. The maximum Gasteiger partial charge on any atom is -0.0236 e. The van der Waals surface area contributed by atoms with Gasteiger partial charge >= 0.3 is 0 Å². The molecule has 2 aliphatic carbocycles. The molecule has 2 saturated carbocycles. The van der Waals surface area contributed by atoms with Gasteiger partial charge in [-0.05, 0) is 43.4 Å². The lowest BCUT2D eigenvalue weighted by molar-refractivity contribution is 0.206. The van der Waals surface area contributed by atoms with E-state index in [0.29, 0.717) is 0 Å². The van der Waals surface area contributed by atoms with Gasteiger partial charge in [0.15, 0.2) is 0 Å². The van der Waals surface area contributed by atoms with E-state index >= 15 is 0 Å². The molecule has 0 radical (unpaired) electrons. The van der Waals surface area contributed by atoms with Crippen molar-refractivity contribution < 1.29 is 0 Å². The molecule has 0 bridgehead atoms. The molecule has 2 aliphatic rings. The van der Waals surface area contributed by atoms with Crippen LogP contribution in [-0.4, -0.2) is 0 Å². The van der Waals surface area contributed by atoms with Crippen molar-refractivity contribution in [2.75, 3.05) is 0 Å². The first-order valence-electron chi connectivity index (χ1n) is 7.02. The van der Waals surface area contributed by atoms with Gasteiger partial charge in [-0.2, -0.15) is 0 Å². The lowest BCUT2D eigenvalue weighted by atomic mass is 9.73. The highest BCUT2D eigenvalue weighted by Crippen LogP contribution is 2.39. The largest absolute Gasteiger partial charge is 0.103 e. The summed E-state index contributed by atoms with van der Waals surface area (Å²) in [6.07, 6.45) is 17.1. The lowest BCUT2D eigenvalue weighted by Gasteiger charge is -2.32. The van der Waals surface area contributed by atoms with Crippen LogP contribution in [0.1, 0.15) is 64.2 Å². The summed E-state index contributed by atoms with van der Waals surface area (Å²) in [4.78, 5) is 0. The molecular weight excluding hydrogens is 180 g/mol. The summed E-state index contributed by atoms with van der Waals surface area (Å²) in [6, 6.07) is 0. The SMILES string of the molecule is C=CC1CCC(C2CCCCCC2)CC1. The van der Waals surface area contributed by atoms with E-state index in [-0.39, 0.29) is 0 Å². The van der Waals surface area contributed by atoms with Crippen LogP contribution in [0.15, 0.2) is 12.7 Å². The third kappa shape index (κ3) is 3.09. The van der Waals surface area contributed by atoms with E-state index in [1.165, 1.54) is 64.2 Å². The van der Waals surface area contributed by atoms with E-state index in [1.807, 2.05) is 0 Å². The fourth-order valence-electron chi connectivity index (χ4n) is 3.63. The van der Waals surface area contributed by atoms with Crippen LogP contribution in [0, 0.1) is 17.8 Å². The summed E-state index contributed by atoms with van der Waals surface area (Å²) < 4.78 is 0. The van der Waals surface area contributed by atoms with Crippen molar-refractivity contribution in [1.82, 2.24) is 0 Å². The molecule has 0 aromatic carbocycles. The van der Waals surface area contributed by atoms with Crippen molar-refractivity contribution in [3.05, 3.63) is 12.7 Å². The Morgan fingerprint density at radius 3 is 1.73 bits per heavy atom. The maximum atomic E-state index is 3.94. The van der Waals surface area contributed by atoms with Gasteiger partial charge in [0.05, 0.1) is 0 Å². The van der Waals surface area contributed by atoms with E-state index in [4.69, 9.17) is 0 Å². The second-order valence-corrected chi connectivity index (χ2v) is 5.66. The van der Waals surface area contributed by atoms with E-state index < -0.39 is 0 Å². The molecule has 2 rings (SSSR count). The maximum absolute atomic E-state index is 3.94. The van der Waals surface area contributed by atoms with Gasteiger partial charge < -0.3 is 0 Å². The first-order valence-corrected chi connectivity index (χ1v) is 7.02. The lowest BCUT2D eigenvalue weighted by Crippen LogP contribution is -2.20. The van der Waals surface area contributed by atoms with Crippen LogP contribution in [0.25, 0.3) is 0 Å². The smallest absolute Gasteiger partial charge is 0.0236 e. The summed E-state index contributed by atoms with van der Waals surface area (Å²) in [5.74, 6) is 2.99. The van der Waals surface area contributed by atoms with Gasteiger partial charge in [0.25, 0.3) is 0 Å². The quantitative estimate of drug-likeness (QED) is 0.443. The molecule has 0 heterocycles. The predicted octanol–water partition coefficient (Wildman–Crippen LogP) is 4.95. The summed E-state index contributed by atoms with van der Waals surface area (Å²) in [7, 11) is 0. The number of hydrogen-bond acceptors (Lipinski definition) is 0. The summed E-state index contributed by atoms with van der Waals surface area (Å²) in [5, 5.41) is 0. The van der Waals surface area contributed by atoms with Crippen LogP contribution in [0.3, 0.4) is 0 Å². The van der Waals surface area contributed by atoms with Crippen molar-refractivity contribution >= 4 is 0 Å². The zero-order valence-corrected chi connectivity index (χ0v) is 10.1. The molecule has 0 N–H and O–H groups in total. The average molecular weight is 206 g/mol. The van der Waals surface area contributed by atoms with Crippen molar-refractivity contribution in [2.24, 2.45) is 17.8 Å². The highest BCUT2D eigenvalue weighted by molar-refractivity contribution is 4.86. The summed E-state index contributed by atoms with van der Waals surface area (Å²) >= 11 is 0. The molecule has 0 spiro atoms. The van der Waals surface area contributed by atoms with Crippen LogP contribution in [0.5, 0.6) is 0 Å². The Morgan fingerprint density at radius 2 is 1.20 bits per heavy atom. The Labute approximate surface area is 95.1 Å². The van der Waals surface area contributed by atoms with Crippen molar-refractivity contribution in [3.63, 3.8) is 0 Å². The zero-order chi connectivity index (χ0) is 10.5. The van der Waals surface area contributed by atoms with Gasteiger partial charge in [-0.15, -0.1) is 6.58 Å². The van der Waals surface area contributed by atoms with Crippen molar-refractivity contribution in [3.8, 4) is 0 Å². The van der Waals surface area contributed by atoms with E-state index in [2.05, 4.69) is 12.7 Å². The van der Waals surface area contributed by atoms with Crippen LogP contribution in [-0.2, 0) is 0 Å². The molecule has 0 aliphatic heterocycles. The molecule has 15 heavy (non-hydrogen) atoms. The Morgan fingerprint density at radius 1 is 0.667 bits per heavy atom. The Kier molecular flexibility index (Phi) is 4.29. The molecule has 2 fully saturated rings. The molecular formula is C15H26. The van der Waals surface area contributed by atoms with Gasteiger partial charge in [0.2, 0.25) is 0 Å². The van der Waals surface area contributed by atoms with Gasteiger partial charge in [-0.3, -0.25) is 0 Å². The molecule has 0 aromatic rings. The molecule has 0 saturated heterocycles. The van der Waals surface area contributed by atoms with Gasteiger partial charge in [-0.25, -0.2) is 0 Å². The second kappa shape index (κ2) is 5.72. The molecule has 0 atom stereocenters. The van der Waals surface area contributed by atoms with Crippen molar-refractivity contribution in [1.29, 1.82) is 0 Å². The molecule has 0 nitrogen and oxygen atoms in total. The Bertz CT molecular complexity index is 178. The second-order valence-electron chi connectivity index (χ2n) is 5.66. The van der Waals surface area contributed by atoms with Crippen LogP contribution in [0.4, 0.5) is 0 Å². The average Bonchev–Trinajstić information content (AvgIpc) is 2.58. The molecule has 0 unspecified atom stereocenters. The standard InChI is InChI=1S/C15H26/c1-2-13-9-11-15(12-10-13)14-7-5-3-4-6-8-14/h2,13-15H,1,3-12H2. The van der Waals surface area contributed by atoms with Crippen LogP contribution in [0.2, 0.25) is 0 Å². The number of allylic oxidation sites excluding steroid dienone is 1. The first-order chi connectivity index (χ1) is 7.40. The van der Waals surface area contributed by atoms with E-state index in [9.17, 15) is 0 Å².